The van der Waals surface area contributed by atoms with Crippen LogP contribution >= 0.6 is 0 Å². The summed E-state index contributed by atoms with van der Waals surface area (Å²) in [7, 11) is 3.79. The van der Waals surface area contributed by atoms with Gasteiger partial charge in [-0.2, -0.15) is 0 Å². The predicted octanol–water partition coefficient (Wildman–Crippen LogP) is 3.11. The lowest BCUT2D eigenvalue weighted by Crippen LogP contribution is -2.12. The van der Waals surface area contributed by atoms with Crippen molar-refractivity contribution in [2.45, 2.75) is 13.5 Å². The standard InChI is InChI=1S/C20H19NO5/c1-11-6-14(22)13(9-21(2)3)20-18(11)19(23)17(26-20)8-12-4-5-15-16(7-12)25-10-24-15/h4-8,22H,9-10H2,1-3H3/b17-8-. The second-order valence-corrected chi connectivity index (χ2v) is 6.69. The van der Waals surface area contributed by atoms with Crippen LogP contribution in [0, 0.1) is 6.92 Å². The highest BCUT2D eigenvalue weighted by molar-refractivity contribution is 6.15. The monoisotopic (exact) mass is 353 g/mol. The molecule has 0 saturated heterocycles. The number of rotatable bonds is 3. The Morgan fingerprint density at radius 3 is 2.73 bits per heavy atom. The Labute approximate surface area is 151 Å². The van der Waals surface area contributed by atoms with Gasteiger partial charge in [-0.05, 0) is 56.4 Å². The molecule has 0 saturated carbocycles. The van der Waals surface area contributed by atoms with E-state index in [9.17, 15) is 9.90 Å². The molecule has 134 valence electrons. The van der Waals surface area contributed by atoms with Gasteiger partial charge in [0, 0.05) is 6.54 Å². The summed E-state index contributed by atoms with van der Waals surface area (Å²) >= 11 is 0. The van der Waals surface area contributed by atoms with Gasteiger partial charge in [-0.15, -0.1) is 0 Å². The topological polar surface area (TPSA) is 68.2 Å². The first-order chi connectivity index (χ1) is 12.4. The number of allylic oxidation sites excluding steroid dienone is 1. The summed E-state index contributed by atoms with van der Waals surface area (Å²) in [6.07, 6.45) is 1.68. The van der Waals surface area contributed by atoms with Crippen LogP contribution < -0.4 is 14.2 Å². The Hall–Kier alpha value is -2.99. The molecule has 2 aromatic rings. The molecule has 2 heterocycles. The molecule has 0 aromatic heterocycles. The number of aromatic hydroxyl groups is 1. The lowest BCUT2D eigenvalue weighted by molar-refractivity contribution is 0.101. The number of hydrogen-bond donors (Lipinski definition) is 1. The molecule has 6 nitrogen and oxygen atoms in total. The highest BCUT2D eigenvalue weighted by Crippen LogP contribution is 2.42. The van der Waals surface area contributed by atoms with Crippen LogP contribution in [0.15, 0.2) is 30.0 Å². The molecule has 4 rings (SSSR count). The average Bonchev–Trinajstić information content (AvgIpc) is 3.16. The minimum absolute atomic E-state index is 0.132. The highest BCUT2D eigenvalue weighted by atomic mass is 16.7. The van der Waals surface area contributed by atoms with Crippen molar-refractivity contribution in [1.82, 2.24) is 4.90 Å². The van der Waals surface area contributed by atoms with Crippen molar-refractivity contribution < 1.29 is 24.1 Å². The SMILES string of the molecule is Cc1cc(O)c(CN(C)C)c2c1C(=O)/C(=C/c1ccc3c(c1)OCO3)O2. The molecule has 0 fully saturated rings. The predicted molar refractivity (Wildman–Crippen MR) is 95.7 cm³/mol. The van der Waals surface area contributed by atoms with Crippen LogP contribution in [0.1, 0.15) is 27.0 Å². The molecule has 6 heteroatoms. The summed E-state index contributed by atoms with van der Waals surface area (Å²) in [4.78, 5) is 14.8. The van der Waals surface area contributed by atoms with Crippen molar-refractivity contribution in [1.29, 1.82) is 0 Å². The van der Waals surface area contributed by atoms with E-state index in [2.05, 4.69) is 0 Å². The molecule has 1 N–H and O–H groups in total. The van der Waals surface area contributed by atoms with Crippen LogP contribution in [0.2, 0.25) is 0 Å². The number of aryl methyl sites for hydroxylation is 1. The first-order valence-corrected chi connectivity index (χ1v) is 8.28. The van der Waals surface area contributed by atoms with Gasteiger partial charge in [0.25, 0.3) is 0 Å². The van der Waals surface area contributed by atoms with E-state index in [0.29, 0.717) is 40.5 Å². The molecule has 0 radical (unpaired) electrons. The fourth-order valence-electron chi connectivity index (χ4n) is 3.20. The fourth-order valence-corrected chi connectivity index (χ4v) is 3.20. The van der Waals surface area contributed by atoms with Gasteiger partial charge in [0.1, 0.15) is 11.5 Å². The molecular weight excluding hydrogens is 334 g/mol. The van der Waals surface area contributed by atoms with E-state index in [0.717, 1.165) is 5.56 Å². The van der Waals surface area contributed by atoms with Gasteiger partial charge in [0.15, 0.2) is 17.3 Å². The van der Waals surface area contributed by atoms with Gasteiger partial charge < -0.3 is 24.2 Å². The lowest BCUT2D eigenvalue weighted by atomic mass is 9.99. The zero-order valence-corrected chi connectivity index (χ0v) is 14.8. The largest absolute Gasteiger partial charge is 0.507 e. The minimum Gasteiger partial charge on any atom is -0.507 e. The van der Waals surface area contributed by atoms with Crippen LogP contribution in [-0.2, 0) is 6.54 Å². The third kappa shape index (κ3) is 2.68. The number of ether oxygens (including phenoxy) is 3. The maximum Gasteiger partial charge on any atom is 0.232 e. The van der Waals surface area contributed by atoms with E-state index in [1.807, 2.05) is 25.1 Å². The summed E-state index contributed by atoms with van der Waals surface area (Å²) in [5.41, 5.74) is 2.59. The van der Waals surface area contributed by atoms with Gasteiger partial charge in [-0.3, -0.25) is 4.79 Å². The Morgan fingerprint density at radius 2 is 1.96 bits per heavy atom. The van der Waals surface area contributed by atoms with E-state index in [-0.39, 0.29) is 24.1 Å². The van der Waals surface area contributed by atoms with Gasteiger partial charge in [-0.1, -0.05) is 6.07 Å². The molecule has 26 heavy (non-hydrogen) atoms. The number of carbonyl (C=O) groups is 1. The van der Waals surface area contributed by atoms with E-state index in [1.54, 1.807) is 31.2 Å². The average molecular weight is 353 g/mol. The van der Waals surface area contributed by atoms with Crippen molar-refractivity contribution in [3.8, 4) is 23.0 Å². The van der Waals surface area contributed by atoms with Crippen molar-refractivity contribution in [2.24, 2.45) is 0 Å². The number of benzene rings is 2. The number of fused-ring (bicyclic) bond motifs is 2. The number of Topliss-reactive ketones (excluding diaryl/α,β-unsaturated/α-hetero) is 1. The lowest BCUT2D eigenvalue weighted by Gasteiger charge is -2.15. The molecule has 0 aliphatic carbocycles. The summed E-state index contributed by atoms with van der Waals surface area (Å²) in [5.74, 6) is 1.94. The first-order valence-electron chi connectivity index (χ1n) is 8.28. The molecule has 0 atom stereocenters. The number of ketones is 1. The minimum atomic E-state index is -0.185. The maximum absolute atomic E-state index is 12.9. The van der Waals surface area contributed by atoms with Crippen molar-refractivity contribution in [3.63, 3.8) is 0 Å². The smallest absolute Gasteiger partial charge is 0.232 e. The van der Waals surface area contributed by atoms with Gasteiger partial charge in [0.2, 0.25) is 12.6 Å². The van der Waals surface area contributed by atoms with Crippen LogP contribution in [0.4, 0.5) is 0 Å². The molecule has 0 amide bonds. The summed E-state index contributed by atoms with van der Waals surface area (Å²) in [6, 6.07) is 7.06. The molecule has 0 unspecified atom stereocenters. The number of nitrogens with zero attached hydrogens (tertiary/aromatic N) is 1. The first kappa shape index (κ1) is 16.5. The van der Waals surface area contributed by atoms with Crippen molar-refractivity contribution in [2.75, 3.05) is 20.9 Å². The van der Waals surface area contributed by atoms with E-state index >= 15 is 0 Å². The van der Waals surface area contributed by atoms with Gasteiger partial charge >= 0.3 is 0 Å². The molecule has 2 aromatic carbocycles. The normalized spacial score (nSPS) is 16.3. The zero-order valence-electron chi connectivity index (χ0n) is 14.8. The Bertz CT molecular complexity index is 946. The number of hydrogen-bond acceptors (Lipinski definition) is 6. The Balaban J connectivity index is 1.75. The number of phenolic OH excluding ortho intramolecular Hbond substituents is 1. The van der Waals surface area contributed by atoms with Crippen molar-refractivity contribution >= 4 is 11.9 Å². The summed E-state index contributed by atoms with van der Waals surface area (Å²) in [6.45, 7) is 2.46. The number of carbonyl (C=O) groups excluding carboxylic acids is 1. The quantitative estimate of drug-likeness (QED) is 0.855. The van der Waals surface area contributed by atoms with Crippen LogP contribution in [0.25, 0.3) is 6.08 Å². The maximum atomic E-state index is 12.9. The van der Waals surface area contributed by atoms with E-state index < -0.39 is 0 Å². The third-order valence-corrected chi connectivity index (χ3v) is 4.39. The fraction of sp³-hybridized carbons (Fsp3) is 0.250. The zero-order chi connectivity index (χ0) is 18.4. The summed E-state index contributed by atoms with van der Waals surface area (Å²) in [5, 5.41) is 10.3. The van der Waals surface area contributed by atoms with Crippen LogP contribution in [-0.4, -0.2) is 36.7 Å². The van der Waals surface area contributed by atoms with Crippen molar-refractivity contribution in [3.05, 3.63) is 52.3 Å². The Kier molecular flexibility index (Phi) is 3.85. The third-order valence-electron chi connectivity index (χ3n) is 4.39. The number of phenols is 1. The van der Waals surface area contributed by atoms with Gasteiger partial charge in [-0.25, -0.2) is 0 Å². The summed E-state index contributed by atoms with van der Waals surface area (Å²) < 4.78 is 16.6. The molecule has 0 bridgehead atoms. The van der Waals surface area contributed by atoms with E-state index in [4.69, 9.17) is 14.2 Å². The van der Waals surface area contributed by atoms with E-state index in [1.165, 1.54) is 0 Å². The second kappa shape index (κ2) is 6.07. The van der Waals surface area contributed by atoms with Gasteiger partial charge in [0.05, 0.1) is 11.1 Å². The second-order valence-electron chi connectivity index (χ2n) is 6.69. The molecule has 0 spiro atoms. The molecule has 2 aliphatic heterocycles. The molecular formula is C20H19NO5. The van der Waals surface area contributed by atoms with Crippen LogP contribution in [0.3, 0.4) is 0 Å². The highest BCUT2D eigenvalue weighted by Gasteiger charge is 2.33. The Morgan fingerprint density at radius 1 is 1.19 bits per heavy atom. The molecule has 2 aliphatic rings. The van der Waals surface area contributed by atoms with Crippen LogP contribution in [0.5, 0.6) is 23.0 Å².